The summed E-state index contributed by atoms with van der Waals surface area (Å²) in [5.74, 6) is 1.64. The van der Waals surface area contributed by atoms with E-state index < -0.39 is 0 Å². The summed E-state index contributed by atoms with van der Waals surface area (Å²) in [6, 6.07) is 0.262. The molecule has 0 aromatic heterocycles. The number of carbonyl (C=O) groups excluding carboxylic acids is 2. The smallest absolute Gasteiger partial charge is 0.230 e. The molecule has 5 heteroatoms. The summed E-state index contributed by atoms with van der Waals surface area (Å²) in [6.07, 6.45) is 8.34. The van der Waals surface area contributed by atoms with Gasteiger partial charge in [0.2, 0.25) is 11.8 Å². The van der Waals surface area contributed by atoms with Gasteiger partial charge in [-0.1, -0.05) is 39.5 Å². The van der Waals surface area contributed by atoms with Gasteiger partial charge in [0.1, 0.15) is 0 Å². The monoisotopic (exact) mass is 314 g/mol. The highest BCUT2D eigenvalue weighted by Crippen LogP contribution is 2.26. The van der Waals surface area contributed by atoms with Crippen molar-refractivity contribution in [2.24, 2.45) is 5.92 Å². The lowest BCUT2D eigenvalue weighted by Crippen LogP contribution is -2.35. The molecule has 1 rings (SSSR count). The number of rotatable bonds is 10. The van der Waals surface area contributed by atoms with Gasteiger partial charge < -0.3 is 10.6 Å². The van der Waals surface area contributed by atoms with E-state index in [0.29, 0.717) is 11.5 Å². The van der Waals surface area contributed by atoms with Crippen LogP contribution in [0.4, 0.5) is 0 Å². The molecule has 0 atom stereocenters. The first-order chi connectivity index (χ1) is 10.2. The number of carbonyl (C=O) groups is 2. The van der Waals surface area contributed by atoms with Crippen LogP contribution in [-0.2, 0) is 9.59 Å². The molecule has 4 nitrogen and oxygen atoms in total. The Morgan fingerprint density at radius 1 is 1.10 bits per heavy atom. The molecule has 21 heavy (non-hydrogen) atoms. The molecule has 0 unspecified atom stereocenters. The Morgan fingerprint density at radius 2 is 1.71 bits per heavy atom. The van der Waals surface area contributed by atoms with Gasteiger partial charge in [-0.05, 0) is 25.2 Å². The van der Waals surface area contributed by atoms with Crippen LogP contribution in [0.2, 0.25) is 0 Å². The van der Waals surface area contributed by atoms with Crippen molar-refractivity contribution in [3.63, 3.8) is 0 Å². The van der Waals surface area contributed by atoms with Gasteiger partial charge in [-0.3, -0.25) is 9.59 Å². The van der Waals surface area contributed by atoms with E-state index in [4.69, 9.17) is 0 Å². The van der Waals surface area contributed by atoms with Crippen molar-refractivity contribution in [3.05, 3.63) is 0 Å². The third kappa shape index (κ3) is 8.34. The lowest BCUT2D eigenvalue weighted by atomic mass is 10.0. The van der Waals surface area contributed by atoms with Gasteiger partial charge in [-0.2, -0.15) is 0 Å². The van der Waals surface area contributed by atoms with Crippen LogP contribution in [0.15, 0.2) is 0 Å². The van der Waals surface area contributed by atoms with Crippen molar-refractivity contribution in [1.82, 2.24) is 10.6 Å². The van der Waals surface area contributed by atoms with Crippen LogP contribution >= 0.6 is 11.8 Å². The van der Waals surface area contributed by atoms with Crippen molar-refractivity contribution in [2.75, 3.05) is 18.1 Å². The molecule has 1 aliphatic rings. The molecule has 0 aliphatic heterocycles. The molecule has 122 valence electrons. The highest BCUT2D eigenvalue weighted by atomic mass is 32.2. The first-order valence-corrected chi connectivity index (χ1v) is 9.45. The van der Waals surface area contributed by atoms with Crippen LogP contribution in [0, 0.1) is 5.92 Å². The predicted molar refractivity (Wildman–Crippen MR) is 89.4 cm³/mol. The summed E-state index contributed by atoms with van der Waals surface area (Å²) in [6.45, 7) is 4.92. The minimum atomic E-state index is 0.0347. The topological polar surface area (TPSA) is 58.2 Å². The number of nitrogens with one attached hydrogen (secondary N) is 2. The molecule has 1 aliphatic carbocycles. The maximum atomic E-state index is 11.7. The quantitative estimate of drug-likeness (QED) is 0.652. The second-order valence-electron chi connectivity index (χ2n) is 5.86. The zero-order valence-corrected chi connectivity index (χ0v) is 14.3. The molecule has 1 saturated carbocycles. The standard InChI is InChI=1S/C16H30N2O2S/c1-3-14(4-2)18-16(20)12-21-11-15(19)17-10-9-13-7-5-6-8-13/h13-14H,3-12H2,1-2H3,(H,17,19)(H,18,20). The second kappa shape index (κ2) is 10.9. The van der Waals surface area contributed by atoms with Gasteiger partial charge in [-0.15, -0.1) is 11.8 Å². The first kappa shape index (κ1) is 18.3. The maximum absolute atomic E-state index is 11.7. The summed E-state index contributed by atoms with van der Waals surface area (Å²) in [7, 11) is 0. The van der Waals surface area contributed by atoms with Crippen molar-refractivity contribution < 1.29 is 9.59 Å². The molecule has 0 bridgehead atoms. The van der Waals surface area contributed by atoms with E-state index in [1.165, 1.54) is 37.4 Å². The van der Waals surface area contributed by atoms with Gasteiger partial charge in [0, 0.05) is 12.6 Å². The van der Waals surface area contributed by atoms with Crippen LogP contribution in [0.25, 0.3) is 0 Å². The van der Waals surface area contributed by atoms with E-state index in [-0.39, 0.29) is 17.9 Å². The Hall–Kier alpha value is -0.710. The predicted octanol–water partition coefficient (Wildman–Crippen LogP) is 2.72. The van der Waals surface area contributed by atoms with Crippen LogP contribution in [0.1, 0.15) is 58.8 Å². The van der Waals surface area contributed by atoms with Crippen molar-refractivity contribution in [2.45, 2.75) is 64.8 Å². The van der Waals surface area contributed by atoms with Gasteiger partial charge in [-0.25, -0.2) is 0 Å². The lowest BCUT2D eigenvalue weighted by molar-refractivity contribution is -0.119. The molecular weight excluding hydrogens is 284 g/mol. The SMILES string of the molecule is CCC(CC)NC(=O)CSCC(=O)NCCC1CCCC1. The zero-order valence-electron chi connectivity index (χ0n) is 13.5. The van der Waals surface area contributed by atoms with E-state index in [1.54, 1.807) is 0 Å². The summed E-state index contributed by atoms with van der Waals surface area (Å²) in [5, 5.41) is 5.93. The largest absolute Gasteiger partial charge is 0.355 e. The van der Waals surface area contributed by atoms with Gasteiger partial charge in [0.25, 0.3) is 0 Å². The molecular formula is C16H30N2O2S. The minimum Gasteiger partial charge on any atom is -0.355 e. The fourth-order valence-electron chi connectivity index (χ4n) is 2.76. The molecule has 1 fully saturated rings. The molecule has 0 heterocycles. The molecule has 0 radical (unpaired) electrons. The van der Waals surface area contributed by atoms with Gasteiger partial charge in [0.15, 0.2) is 0 Å². The summed E-state index contributed by atoms with van der Waals surface area (Å²) in [5.41, 5.74) is 0. The third-order valence-electron chi connectivity index (χ3n) is 4.17. The Morgan fingerprint density at radius 3 is 2.33 bits per heavy atom. The van der Waals surface area contributed by atoms with E-state index >= 15 is 0 Å². The fraction of sp³-hybridized carbons (Fsp3) is 0.875. The first-order valence-electron chi connectivity index (χ1n) is 8.29. The molecule has 0 aromatic carbocycles. The average Bonchev–Trinajstić information content (AvgIpc) is 2.98. The van der Waals surface area contributed by atoms with Crippen LogP contribution in [0.3, 0.4) is 0 Å². The highest BCUT2D eigenvalue weighted by Gasteiger charge is 2.15. The molecule has 0 aromatic rings. The maximum Gasteiger partial charge on any atom is 0.230 e. The molecule has 0 spiro atoms. The highest BCUT2D eigenvalue weighted by molar-refractivity contribution is 8.00. The lowest BCUT2D eigenvalue weighted by Gasteiger charge is -2.14. The van der Waals surface area contributed by atoms with Crippen molar-refractivity contribution in [3.8, 4) is 0 Å². The summed E-state index contributed by atoms with van der Waals surface area (Å²) in [4.78, 5) is 23.3. The van der Waals surface area contributed by atoms with E-state index in [2.05, 4.69) is 24.5 Å². The Labute approximate surface area is 133 Å². The zero-order chi connectivity index (χ0) is 15.5. The Balaban J connectivity index is 2.00. The Bertz CT molecular complexity index is 313. The second-order valence-corrected chi connectivity index (χ2v) is 6.85. The van der Waals surface area contributed by atoms with E-state index in [1.807, 2.05) is 0 Å². The number of hydrogen-bond donors (Lipinski definition) is 2. The summed E-state index contributed by atoms with van der Waals surface area (Å²) >= 11 is 1.39. The third-order valence-corrected chi connectivity index (χ3v) is 5.10. The molecule has 2 amide bonds. The van der Waals surface area contributed by atoms with E-state index in [9.17, 15) is 9.59 Å². The average molecular weight is 314 g/mol. The van der Waals surface area contributed by atoms with Crippen molar-refractivity contribution in [1.29, 1.82) is 0 Å². The number of amides is 2. The number of thioether (sulfide) groups is 1. The molecule has 2 N–H and O–H groups in total. The molecule has 0 saturated heterocycles. The van der Waals surface area contributed by atoms with Gasteiger partial charge >= 0.3 is 0 Å². The summed E-state index contributed by atoms with van der Waals surface area (Å²) < 4.78 is 0. The minimum absolute atomic E-state index is 0.0347. The van der Waals surface area contributed by atoms with E-state index in [0.717, 1.165) is 31.7 Å². The Kier molecular flexibility index (Phi) is 9.55. The number of hydrogen-bond acceptors (Lipinski definition) is 3. The van der Waals surface area contributed by atoms with Crippen LogP contribution in [-0.4, -0.2) is 35.9 Å². The van der Waals surface area contributed by atoms with Crippen LogP contribution in [0.5, 0.6) is 0 Å². The van der Waals surface area contributed by atoms with Crippen molar-refractivity contribution >= 4 is 23.6 Å². The van der Waals surface area contributed by atoms with Gasteiger partial charge in [0.05, 0.1) is 11.5 Å². The van der Waals surface area contributed by atoms with Crippen LogP contribution < -0.4 is 10.6 Å². The fourth-order valence-corrected chi connectivity index (χ4v) is 3.42. The normalized spacial score (nSPS) is 15.4.